The smallest absolute Gasteiger partial charge is 0.159 e. The van der Waals surface area contributed by atoms with E-state index in [-0.39, 0.29) is 0 Å². The Labute approximate surface area is 182 Å². The molecule has 0 spiro atoms. The number of aromatic nitrogens is 7. The van der Waals surface area contributed by atoms with E-state index < -0.39 is 0 Å². The Bertz CT molecular complexity index is 1570. The summed E-state index contributed by atoms with van der Waals surface area (Å²) < 4.78 is 0. The molecule has 1 aromatic carbocycles. The Hall–Kier alpha value is -4.59. The quantitative estimate of drug-likeness (QED) is 0.384. The van der Waals surface area contributed by atoms with Crippen LogP contribution >= 0.6 is 0 Å². The summed E-state index contributed by atoms with van der Waals surface area (Å²) in [6, 6.07) is 12.2. The number of benzene rings is 1. The van der Waals surface area contributed by atoms with E-state index in [1.807, 2.05) is 43.8 Å². The van der Waals surface area contributed by atoms with Gasteiger partial charge < -0.3 is 10.3 Å². The minimum atomic E-state index is 0.684. The Morgan fingerprint density at radius 1 is 0.812 bits per heavy atom. The summed E-state index contributed by atoms with van der Waals surface area (Å²) in [5.41, 5.74) is 8.31. The van der Waals surface area contributed by atoms with Crippen molar-refractivity contribution in [2.24, 2.45) is 0 Å². The predicted octanol–water partition coefficient (Wildman–Crippen LogP) is 4.67. The fourth-order valence-corrected chi connectivity index (χ4v) is 3.89. The number of H-pyrrole nitrogens is 2. The molecule has 0 bridgehead atoms. The maximum absolute atomic E-state index is 4.88. The van der Waals surface area contributed by atoms with Crippen LogP contribution in [-0.4, -0.2) is 42.2 Å². The lowest BCUT2D eigenvalue weighted by atomic mass is 10.0. The zero-order chi connectivity index (χ0) is 21.5. The lowest BCUT2D eigenvalue weighted by Crippen LogP contribution is -1.90. The number of anilines is 1. The van der Waals surface area contributed by atoms with Crippen molar-refractivity contribution in [1.29, 1.82) is 0 Å². The number of pyridine rings is 3. The molecular formula is C24H18N8. The van der Waals surface area contributed by atoms with Crippen LogP contribution in [0.2, 0.25) is 0 Å². The first-order chi connectivity index (χ1) is 15.8. The summed E-state index contributed by atoms with van der Waals surface area (Å²) in [5, 5.41) is 11.8. The fourth-order valence-electron chi connectivity index (χ4n) is 3.89. The predicted molar refractivity (Wildman–Crippen MR) is 125 cm³/mol. The normalized spacial score (nSPS) is 11.3. The van der Waals surface area contributed by atoms with Crippen LogP contribution in [0, 0.1) is 0 Å². The highest BCUT2D eigenvalue weighted by Crippen LogP contribution is 2.32. The molecule has 0 amide bonds. The highest BCUT2D eigenvalue weighted by Gasteiger charge is 2.16. The van der Waals surface area contributed by atoms with E-state index in [4.69, 9.17) is 4.98 Å². The molecule has 154 valence electrons. The van der Waals surface area contributed by atoms with E-state index in [0.29, 0.717) is 5.82 Å². The Kier molecular flexibility index (Phi) is 4.14. The maximum atomic E-state index is 4.88. The first-order valence-electron chi connectivity index (χ1n) is 10.2. The van der Waals surface area contributed by atoms with Gasteiger partial charge in [-0.2, -0.15) is 5.10 Å². The molecule has 5 aromatic heterocycles. The van der Waals surface area contributed by atoms with E-state index >= 15 is 0 Å². The number of aromatic amines is 2. The van der Waals surface area contributed by atoms with Crippen LogP contribution in [-0.2, 0) is 0 Å². The molecule has 0 aliphatic carbocycles. The van der Waals surface area contributed by atoms with Gasteiger partial charge in [-0.05, 0) is 29.8 Å². The zero-order valence-electron chi connectivity index (χ0n) is 17.2. The van der Waals surface area contributed by atoms with Crippen LogP contribution in [0.1, 0.15) is 0 Å². The topological polar surface area (TPSA) is 108 Å². The van der Waals surface area contributed by atoms with Gasteiger partial charge in [-0.3, -0.25) is 20.1 Å². The van der Waals surface area contributed by atoms with Gasteiger partial charge >= 0.3 is 0 Å². The molecule has 0 radical (unpaired) electrons. The third-order valence-electron chi connectivity index (χ3n) is 5.51. The molecule has 6 aromatic rings. The lowest BCUT2D eigenvalue weighted by Gasteiger charge is -2.05. The first-order valence-corrected chi connectivity index (χ1v) is 10.2. The molecule has 32 heavy (non-hydrogen) atoms. The van der Waals surface area contributed by atoms with Gasteiger partial charge in [0.1, 0.15) is 11.2 Å². The molecule has 0 saturated heterocycles. The summed E-state index contributed by atoms with van der Waals surface area (Å²) in [6.07, 6.45) is 10.8. The van der Waals surface area contributed by atoms with E-state index in [0.717, 1.165) is 55.6 Å². The highest BCUT2D eigenvalue weighted by molar-refractivity contribution is 5.98. The van der Waals surface area contributed by atoms with Gasteiger partial charge in [-0.15, -0.1) is 0 Å². The van der Waals surface area contributed by atoms with E-state index in [1.165, 1.54) is 0 Å². The van der Waals surface area contributed by atoms with Gasteiger partial charge in [0.05, 0.1) is 22.9 Å². The van der Waals surface area contributed by atoms with Crippen LogP contribution in [0.3, 0.4) is 0 Å². The standard InChI is InChI=1S/C24H18N8/c1-25-17-7-16(10-27-11-17)14-4-5-20-18(8-14)23(32-31-20)24-29-21-13-28-12-19(22(21)30-24)15-3-2-6-26-9-15/h2-13,25H,1H3,(H,29,30)(H,31,32). The molecule has 6 rings (SSSR count). The third-order valence-corrected chi connectivity index (χ3v) is 5.51. The van der Waals surface area contributed by atoms with Gasteiger partial charge in [0.25, 0.3) is 0 Å². The lowest BCUT2D eigenvalue weighted by molar-refractivity contribution is 1.11. The molecule has 0 fully saturated rings. The van der Waals surface area contributed by atoms with Gasteiger partial charge in [-0.25, -0.2) is 4.98 Å². The molecule has 8 heteroatoms. The molecule has 0 atom stereocenters. The molecule has 0 aliphatic heterocycles. The maximum Gasteiger partial charge on any atom is 0.159 e. The second-order valence-corrected chi connectivity index (χ2v) is 7.46. The van der Waals surface area contributed by atoms with Crippen molar-refractivity contribution in [3.05, 3.63) is 73.6 Å². The number of nitrogens with one attached hydrogen (secondary N) is 3. The Balaban J connectivity index is 1.50. The molecule has 8 nitrogen and oxygen atoms in total. The minimum Gasteiger partial charge on any atom is -0.387 e. The van der Waals surface area contributed by atoms with Gasteiger partial charge in [-0.1, -0.05) is 12.1 Å². The van der Waals surface area contributed by atoms with Crippen LogP contribution < -0.4 is 5.32 Å². The fraction of sp³-hybridized carbons (Fsp3) is 0.0417. The third kappa shape index (κ3) is 2.97. The SMILES string of the molecule is CNc1cncc(-c2ccc3[nH]nc(-c4nc5c(-c6cccnc6)cncc5[nH]4)c3c2)c1. The van der Waals surface area contributed by atoms with Crippen molar-refractivity contribution in [2.45, 2.75) is 0 Å². The number of imidazole rings is 1. The van der Waals surface area contributed by atoms with Crippen LogP contribution in [0.25, 0.3) is 55.7 Å². The number of rotatable bonds is 4. The van der Waals surface area contributed by atoms with Crippen molar-refractivity contribution >= 4 is 27.6 Å². The molecule has 0 unspecified atom stereocenters. The Morgan fingerprint density at radius 2 is 1.72 bits per heavy atom. The average molecular weight is 418 g/mol. The zero-order valence-corrected chi connectivity index (χ0v) is 17.2. The van der Waals surface area contributed by atoms with Gasteiger partial charge in [0.2, 0.25) is 0 Å². The number of nitrogens with zero attached hydrogens (tertiary/aromatic N) is 5. The molecule has 0 aliphatic rings. The van der Waals surface area contributed by atoms with Crippen molar-refractivity contribution in [3.8, 4) is 33.8 Å². The molecule has 5 heterocycles. The average Bonchev–Trinajstić information content (AvgIpc) is 3.48. The minimum absolute atomic E-state index is 0.684. The van der Waals surface area contributed by atoms with E-state index in [9.17, 15) is 0 Å². The first kappa shape index (κ1) is 18.2. The molecule has 3 N–H and O–H groups in total. The largest absolute Gasteiger partial charge is 0.387 e. The van der Waals surface area contributed by atoms with Crippen LogP contribution in [0.5, 0.6) is 0 Å². The number of fused-ring (bicyclic) bond motifs is 2. The van der Waals surface area contributed by atoms with Crippen molar-refractivity contribution in [2.75, 3.05) is 12.4 Å². The second-order valence-electron chi connectivity index (χ2n) is 7.46. The van der Waals surface area contributed by atoms with Gasteiger partial charge in [0.15, 0.2) is 5.82 Å². The second kappa shape index (κ2) is 7.28. The summed E-state index contributed by atoms with van der Waals surface area (Å²) in [5.74, 6) is 0.684. The monoisotopic (exact) mass is 418 g/mol. The van der Waals surface area contributed by atoms with Crippen LogP contribution in [0.4, 0.5) is 5.69 Å². The summed E-state index contributed by atoms with van der Waals surface area (Å²) in [7, 11) is 1.88. The number of hydrogen-bond donors (Lipinski definition) is 3. The molecular weight excluding hydrogens is 400 g/mol. The highest BCUT2D eigenvalue weighted by atomic mass is 15.1. The van der Waals surface area contributed by atoms with Crippen LogP contribution in [0.15, 0.2) is 73.6 Å². The summed E-state index contributed by atoms with van der Waals surface area (Å²) >= 11 is 0. The van der Waals surface area contributed by atoms with E-state index in [2.05, 4.69) is 53.6 Å². The van der Waals surface area contributed by atoms with Crippen molar-refractivity contribution in [3.63, 3.8) is 0 Å². The van der Waals surface area contributed by atoms with Crippen molar-refractivity contribution < 1.29 is 0 Å². The van der Waals surface area contributed by atoms with E-state index in [1.54, 1.807) is 18.6 Å². The van der Waals surface area contributed by atoms with Gasteiger partial charge in [0, 0.05) is 60.1 Å². The summed E-state index contributed by atoms with van der Waals surface area (Å²) in [6.45, 7) is 0. The molecule has 0 saturated carbocycles. The summed E-state index contributed by atoms with van der Waals surface area (Å²) in [4.78, 5) is 21.2. The Morgan fingerprint density at radius 3 is 2.59 bits per heavy atom. The van der Waals surface area contributed by atoms with Crippen molar-refractivity contribution in [1.82, 2.24) is 35.1 Å². The number of hydrogen-bond acceptors (Lipinski definition) is 6.